The van der Waals surface area contributed by atoms with E-state index in [1.807, 2.05) is 30.3 Å². The molecule has 0 saturated carbocycles. The van der Waals surface area contributed by atoms with Gasteiger partial charge in [0.1, 0.15) is 17.2 Å². The van der Waals surface area contributed by atoms with Crippen LogP contribution in [0.4, 0.5) is 22.1 Å². The smallest absolute Gasteiger partial charge is 0.319 e. The van der Waals surface area contributed by atoms with Crippen LogP contribution in [0.5, 0.6) is 0 Å². The highest BCUT2D eigenvalue weighted by atomic mass is 35.5. The number of anilines is 3. The van der Waals surface area contributed by atoms with Crippen molar-refractivity contribution in [1.82, 2.24) is 15.3 Å². The summed E-state index contributed by atoms with van der Waals surface area (Å²) in [5, 5.41) is 6.21. The van der Waals surface area contributed by atoms with Gasteiger partial charge in [-0.2, -0.15) is 0 Å². The lowest BCUT2D eigenvalue weighted by molar-refractivity contribution is 0.246. The zero-order valence-corrected chi connectivity index (χ0v) is 13.8. The molecule has 1 saturated heterocycles. The average molecular weight is 347 g/mol. The molecule has 8 heteroatoms. The minimum Gasteiger partial charge on any atom is -0.382 e. The highest BCUT2D eigenvalue weighted by Crippen LogP contribution is 2.28. The van der Waals surface area contributed by atoms with Crippen molar-refractivity contribution in [2.24, 2.45) is 0 Å². The molecule has 3 rings (SSSR count). The summed E-state index contributed by atoms with van der Waals surface area (Å²) in [6.07, 6.45) is 3.03. The number of hydrogen-bond acceptors (Lipinski definition) is 5. The molecule has 126 valence electrons. The minimum absolute atomic E-state index is 0.114. The first-order valence-electron chi connectivity index (χ1n) is 7.77. The number of nitrogens with one attached hydrogen (secondary N) is 2. The minimum atomic E-state index is -0.191. The van der Waals surface area contributed by atoms with Crippen molar-refractivity contribution >= 4 is 35.0 Å². The quantitative estimate of drug-likeness (QED) is 0.793. The molecule has 7 nitrogen and oxygen atoms in total. The molecular formula is C16H19ClN6O. The van der Waals surface area contributed by atoms with Crippen molar-refractivity contribution in [3.05, 3.63) is 41.7 Å². The number of para-hydroxylation sites is 1. The van der Waals surface area contributed by atoms with Gasteiger partial charge in [0, 0.05) is 24.8 Å². The summed E-state index contributed by atoms with van der Waals surface area (Å²) in [6.45, 7) is 1.49. The molecule has 1 aromatic heterocycles. The number of piperidine rings is 1. The van der Waals surface area contributed by atoms with Crippen LogP contribution in [0.25, 0.3) is 0 Å². The molecule has 0 bridgehead atoms. The number of nitrogen functional groups attached to an aromatic ring is 1. The van der Waals surface area contributed by atoms with Crippen LogP contribution in [0.2, 0.25) is 5.02 Å². The van der Waals surface area contributed by atoms with Crippen molar-refractivity contribution in [1.29, 1.82) is 0 Å². The van der Waals surface area contributed by atoms with E-state index in [0.717, 1.165) is 31.6 Å². The van der Waals surface area contributed by atoms with E-state index in [0.29, 0.717) is 10.8 Å². The van der Waals surface area contributed by atoms with E-state index < -0.39 is 0 Å². The zero-order chi connectivity index (χ0) is 16.9. The summed E-state index contributed by atoms with van der Waals surface area (Å²) < 4.78 is 0. The number of rotatable bonds is 3. The third-order valence-corrected chi connectivity index (χ3v) is 4.32. The Hall–Kier alpha value is -2.54. The fourth-order valence-electron chi connectivity index (χ4n) is 2.70. The first-order valence-corrected chi connectivity index (χ1v) is 8.15. The van der Waals surface area contributed by atoms with Crippen molar-refractivity contribution < 1.29 is 4.79 Å². The van der Waals surface area contributed by atoms with Crippen molar-refractivity contribution in [2.45, 2.75) is 18.9 Å². The molecule has 0 atom stereocenters. The number of urea groups is 1. The number of amides is 2. The van der Waals surface area contributed by atoms with Gasteiger partial charge in [-0.1, -0.05) is 29.8 Å². The topological polar surface area (TPSA) is 96.2 Å². The van der Waals surface area contributed by atoms with E-state index in [2.05, 4.69) is 25.5 Å². The number of nitrogens with two attached hydrogens (primary N) is 1. The van der Waals surface area contributed by atoms with E-state index in [1.54, 1.807) is 0 Å². The molecule has 1 aliphatic rings. The molecule has 0 unspecified atom stereocenters. The van der Waals surface area contributed by atoms with E-state index in [4.69, 9.17) is 17.3 Å². The summed E-state index contributed by atoms with van der Waals surface area (Å²) in [7, 11) is 0. The van der Waals surface area contributed by atoms with Gasteiger partial charge in [-0.3, -0.25) is 0 Å². The third kappa shape index (κ3) is 3.86. The Kier molecular flexibility index (Phi) is 5.00. The van der Waals surface area contributed by atoms with Gasteiger partial charge in [0.05, 0.1) is 0 Å². The fourth-order valence-corrected chi connectivity index (χ4v) is 2.92. The largest absolute Gasteiger partial charge is 0.382 e. The zero-order valence-electron chi connectivity index (χ0n) is 13.1. The van der Waals surface area contributed by atoms with Crippen LogP contribution in [0.15, 0.2) is 36.7 Å². The van der Waals surface area contributed by atoms with Crippen LogP contribution < -0.4 is 21.3 Å². The lowest BCUT2D eigenvalue weighted by Crippen LogP contribution is -2.46. The molecule has 0 radical (unpaired) electrons. The van der Waals surface area contributed by atoms with Crippen molar-refractivity contribution in [2.75, 3.05) is 29.0 Å². The van der Waals surface area contributed by atoms with Crippen LogP contribution in [-0.4, -0.2) is 35.1 Å². The van der Waals surface area contributed by atoms with Crippen LogP contribution in [-0.2, 0) is 0 Å². The number of benzene rings is 1. The summed E-state index contributed by atoms with van der Waals surface area (Å²) in [6, 6.07) is 9.29. The Labute approximate surface area is 145 Å². The van der Waals surface area contributed by atoms with Gasteiger partial charge in [0.25, 0.3) is 0 Å². The number of hydrogen-bond donors (Lipinski definition) is 3. The SMILES string of the molecule is Nc1ncnc(N2CCC(NC(=O)Nc3ccccc3)CC2)c1Cl. The van der Waals surface area contributed by atoms with E-state index in [-0.39, 0.29) is 17.9 Å². The molecule has 0 spiro atoms. The van der Waals surface area contributed by atoms with Gasteiger partial charge >= 0.3 is 6.03 Å². The third-order valence-electron chi connectivity index (χ3n) is 3.96. The van der Waals surface area contributed by atoms with Crippen LogP contribution >= 0.6 is 11.6 Å². The molecule has 0 aliphatic carbocycles. The van der Waals surface area contributed by atoms with E-state index in [9.17, 15) is 4.79 Å². The second-order valence-electron chi connectivity index (χ2n) is 5.62. The molecule has 1 fully saturated rings. The second kappa shape index (κ2) is 7.35. The van der Waals surface area contributed by atoms with Crippen LogP contribution in [0, 0.1) is 0 Å². The Morgan fingerprint density at radius 2 is 1.92 bits per heavy atom. The number of halogens is 1. The normalized spacial score (nSPS) is 15.1. The molecular weight excluding hydrogens is 328 g/mol. The lowest BCUT2D eigenvalue weighted by atomic mass is 10.1. The molecule has 2 amide bonds. The standard InChI is InChI=1S/C16H19ClN6O/c17-13-14(18)19-10-20-15(13)23-8-6-12(7-9-23)22-16(24)21-11-4-2-1-3-5-11/h1-5,10,12H,6-9H2,(H2,18,19,20)(H2,21,22,24). The summed E-state index contributed by atoms with van der Waals surface area (Å²) in [5.74, 6) is 0.931. The highest BCUT2D eigenvalue weighted by molar-refractivity contribution is 6.35. The Balaban J connectivity index is 1.52. The number of carbonyl (C=O) groups excluding carboxylic acids is 1. The number of aromatic nitrogens is 2. The molecule has 4 N–H and O–H groups in total. The van der Waals surface area contributed by atoms with Crippen molar-refractivity contribution in [3.8, 4) is 0 Å². The first-order chi connectivity index (χ1) is 11.6. The fraction of sp³-hybridized carbons (Fsp3) is 0.312. The molecule has 2 aromatic rings. The van der Waals surface area contributed by atoms with Gasteiger partial charge in [-0.15, -0.1) is 0 Å². The Morgan fingerprint density at radius 1 is 1.21 bits per heavy atom. The van der Waals surface area contributed by atoms with E-state index in [1.165, 1.54) is 6.33 Å². The predicted molar refractivity (Wildman–Crippen MR) is 95.3 cm³/mol. The molecule has 24 heavy (non-hydrogen) atoms. The monoisotopic (exact) mass is 346 g/mol. The molecule has 1 aliphatic heterocycles. The maximum Gasteiger partial charge on any atom is 0.319 e. The Bertz CT molecular complexity index is 703. The first kappa shape index (κ1) is 16.3. The van der Waals surface area contributed by atoms with Gasteiger partial charge in [-0.25, -0.2) is 14.8 Å². The van der Waals surface area contributed by atoms with E-state index >= 15 is 0 Å². The van der Waals surface area contributed by atoms with Gasteiger partial charge in [0.15, 0.2) is 5.82 Å². The van der Waals surface area contributed by atoms with Crippen LogP contribution in [0.3, 0.4) is 0 Å². The number of carbonyl (C=O) groups is 1. The maximum absolute atomic E-state index is 12.0. The molecule has 2 heterocycles. The average Bonchev–Trinajstić information content (AvgIpc) is 2.59. The maximum atomic E-state index is 12.0. The highest BCUT2D eigenvalue weighted by Gasteiger charge is 2.23. The van der Waals surface area contributed by atoms with Crippen LogP contribution in [0.1, 0.15) is 12.8 Å². The predicted octanol–water partition coefficient (Wildman–Crippen LogP) is 2.50. The molecule has 1 aromatic carbocycles. The number of nitrogens with zero attached hydrogens (tertiary/aromatic N) is 3. The second-order valence-corrected chi connectivity index (χ2v) is 6.00. The van der Waals surface area contributed by atoms with Gasteiger partial charge < -0.3 is 21.3 Å². The van der Waals surface area contributed by atoms with Crippen molar-refractivity contribution in [3.63, 3.8) is 0 Å². The van der Waals surface area contributed by atoms with Gasteiger partial charge in [0.2, 0.25) is 0 Å². The van der Waals surface area contributed by atoms with Gasteiger partial charge in [-0.05, 0) is 25.0 Å². The summed E-state index contributed by atoms with van der Waals surface area (Å²) in [4.78, 5) is 22.2. The Morgan fingerprint density at radius 3 is 2.62 bits per heavy atom. The summed E-state index contributed by atoms with van der Waals surface area (Å²) >= 11 is 6.17. The summed E-state index contributed by atoms with van der Waals surface area (Å²) in [5.41, 5.74) is 6.49. The lowest BCUT2D eigenvalue weighted by Gasteiger charge is -2.33.